The molecule has 0 spiro atoms. The zero-order chi connectivity index (χ0) is 25.2. The van der Waals surface area contributed by atoms with Crippen molar-refractivity contribution in [1.82, 2.24) is 0 Å². The van der Waals surface area contributed by atoms with Crippen molar-refractivity contribution in [2.45, 2.75) is 146 Å². The van der Waals surface area contributed by atoms with Gasteiger partial charge < -0.3 is 28.8 Å². The number of aliphatic hydroxyl groups excluding tert-OH is 1. The molecule has 3 saturated heterocycles. The molecule has 0 amide bonds. The molecule has 0 aliphatic carbocycles. The molecule has 0 radical (unpaired) electrons. The lowest BCUT2D eigenvalue weighted by Crippen LogP contribution is -2.42. The Morgan fingerprint density at radius 3 is 2.22 bits per heavy atom. The maximum atomic E-state index is 11.0. The molecule has 6 nitrogen and oxygen atoms in total. The Balaban J connectivity index is 1.45. The minimum absolute atomic E-state index is 0.0148. The second-order valence-electron chi connectivity index (χ2n) is 11.1. The van der Waals surface area contributed by atoms with E-state index >= 15 is 0 Å². The fourth-order valence-corrected chi connectivity index (χ4v) is 6.16. The van der Waals surface area contributed by atoms with Gasteiger partial charge in [0.2, 0.25) is 0 Å². The summed E-state index contributed by atoms with van der Waals surface area (Å²) in [5, 5.41) is 11.0. The first kappa shape index (κ1) is 28.0. The van der Waals surface area contributed by atoms with Gasteiger partial charge in [-0.2, -0.15) is 0 Å². The number of hydrogen-bond acceptors (Lipinski definition) is 6. The zero-order valence-corrected chi connectivity index (χ0v) is 22.4. The fourth-order valence-electron chi connectivity index (χ4n) is 6.16. The Labute approximate surface area is 218 Å². The van der Waals surface area contributed by atoms with Gasteiger partial charge in [0.25, 0.3) is 0 Å². The highest BCUT2D eigenvalue weighted by Gasteiger charge is 2.36. The van der Waals surface area contributed by atoms with E-state index in [-0.39, 0.29) is 42.7 Å². The Bertz CT molecular complexity index is 729. The minimum Gasteiger partial charge on any atom is -0.381 e. The molecule has 36 heavy (non-hydrogen) atoms. The van der Waals surface area contributed by atoms with Crippen LogP contribution in [-0.2, 0) is 30.3 Å². The first-order valence-corrected chi connectivity index (χ1v) is 14.4. The standard InChI is InChI=1S/C30H48O6/c1-3-4-6-12-25-15-23-13-9-14-24(34-23)16-26(32-2)17-28-18-27(19-29(35-28)20-30(31)36-25)33-21-22-10-7-5-8-11-22/h5,7-8,10-11,23-31H,3-4,6,9,12-21H2,1-2H3/t23-,24-,25-,26+,27-,28+,29+,30+/m0/s1. The average molecular weight is 505 g/mol. The quantitative estimate of drug-likeness (QED) is 0.443. The van der Waals surface area contributed by atoms with Crippen molar-refractivity contribution >= 4 is 0 Å². The summed E-state index contributed by atoms with van der Waals surface area (Å²) in [6, 6.07) is 10.3. The van der Waals surface area contributed by atoms with Gasteiger partial charge >= 0.3 is 0 Å². The molecule has 0 unspecified atom stereocenters. The van der Waals surface area contributed by atoms with Crippen molar-refractivity contribution in [2.24, 2.45) is 0 Å². The van der Waals surface area contributed by atoms with Gasteiger partial charge in [-0.25, -0.2) is 0 Å². The van der Waals surface area contributed by atoms with Gasteiger partial charge in [-0.3, -0.25) is 0 Å². The monoisotopic (exact) mass is 504 g/mol. The Kier molecular flexibility index (Phi) is 11.5. The van der Waals surface area contributed by atoms with E-state index in [1.165, 1.54) is 24.8 Å². The number of rotatable bonds is 8. The van der Waals surface area contributed by atoms with Gasteiger partial charge in [0, 0.05) is 20.0 Å². The maximum absolute atomic E-state index is 11.0. The van der Waals surface area contributed by atoms with E-state index in [1.807, 2.05) is 18.2 Å². The Hall–Kier alpha value is -1.02. The molecule has 204 valence electrons. The van der Waals surface area contributed by atoms with Crippen LogP contribution in [0.4, 0.5) is 0 Å². The molecule has 4 rings (SSSR count). The molecule has 3 fully saturated rings. The van der Waals surface area contributed by atoms with E-state index < -0.39 is 6.29 Å². The average Bonchev–Trinajstić information content (AvgIpc) is 2.87. The lowest BCUT2D eigenvalue weighted by Gasteiger charge is -2.39. The summed E-state index contributed by atoms with van der Waals surface area (Å²) in [4.78, 5) is 0. The summed E-state index contributed by atoms with van der Waals surface area (Å²) in [5.41, 5.74) is 1.18. The summed E-state index contributed by atoms with van der Waals surface area (Å²) in [6.07, 6.45) is 12.1. The molecule has 0 saturated carbocycles. The van der Waals surface area contributed by atoms with Crippen LogP contribution in [0.15, 0.2) is 30.3 Å². The molecule has 3 aliphatic rings. The third kappa shape index (κ3) is 9.07. The topological polar surface area (TPSA) is 66.4 Å². The van der Waals surface area contributed by atoms with E-state index in [4.69, 9.17) is 23.7 Å². The molecule has 3 aliphatic heterocycles. The summed E-state index contributed by atoms with van der Waals surface area (Å²) in [5.74, 6) is 0. The second kappa shape index (κ2) is 14.8. The molecule has 4 bridgehead atoms. The highest BCUT2D eigenvalue weighted by molar-refractivity contribution is 5.13. The Morgan fingerprint density at radius 1 is 0.806 bits per heavy atom. The number of fused-ring (bicyclic) bond motifs is 4. The van der Waals surface area contributed by atoms with Crippen molar-refractivity contribution in [3.8, 4) is 0 Å². The third-order valence-corrected chi connectivity index (χ3v) is 8.06. The Morgan fingerprint density at radius 2 is 1.47 bits per heavy atom. The van der Waals surface area contributed by atoms with Crippen molar-refractivity contribution in [1.29, 1.82) is 0 Å². The predicted molar refractivity (Wildman–Crippen MR) is 140 cm³/mol. The lowest BCUT2D eigenvalue weighted by molar-refractivity contribution is -0.198. The third-order valence-electron chi connectivity index (χ3n) is 8.06. The van der Waals surface area contributed by atoms with Gasteiger partial charge in [-0.1, -0.05) is 56.5 Å². The van der Waals surface area contributed by atoms with Gasteiger partial charge in [0.1, 0.15) is 0 Å². The van der Waals surface area contributed by atoms with Crippen LogP contribution in [0.25, 0.3) is 0 Å². The molecule has 1 N–H and O–H groups in total. The van der Waals surface area contributed by atoms with Crippen LogP contribution in [0, 0.1) is 0 Å². The zero-order valence-electron chi connectivity index (χ0n) is 22.4. The molecule has 6 heteroatoms. The number of benzene rings is 1. The number of aliphatic hydroxyl groups is 1. The van der Waals surface area contributed by atoms with Crippen molar-refractivity contribution in [3.05, 3.63) is 35.9 Å². The van der Waals surface area contributed by atoms with Crippen LogP contribution >= 0.6 is 0 Å². The number of hydrogen-bond donors (Lipinski definition) is 1. The SMILES string of the molecule is CCCCC[C@H]1C[C@@H]2CCC[C@@H](C[C@@H](OC)C[C@@H]3C[C@H](OCc4ccccc4)C[C@H](C[C@H](O)O1)O3)O2. The predicted octanol–water partition coefficient (Wildman–Crippen LogP) is 5.93. The summed E-state index contributed by atoms with van der Waals surface area (Å²) in [7, 11) is 1.80. The molecule has 0 aromatic heterocycles. The molecule has 8 atom stereocenters. The van der Waals surface area contributed by atoms with Crippen LogP contribution in [0.2, 0.25) is 0 Å². The summed E-state index contributed by atoms with van der Waals surface area (Å²) < 4.78 is 31.6. The summed E-state index contributed by atoms with van der Waals surface area (Å²) >= 11 is 0. The van der Waals surface area contributed by atoms with Crippen LogP contribution in [0.3, 0.4) is 0 Å². The molecular formula is C30H48O6. The van der Waals surface area contributed by atoms with E-state index in [9.17, 15) is 5.11 Å². The van der Waals surface area contributed by atoms with Crippen LogP contribution in [-0.4, -0.2) is 61.2 Å². The summed E-state index contributed by atoms with van der Waals surface area (Å²) in [6.45, 7) is 2.81. The van der Waals surface area contributed by atoms with E-state index in [0.717, 1.165) is 57.8 Å². The highest BCUT2D eigenvalue weighted by Crippen LogP contribution is 2.33. The normalized spacial score (nSPS) is 36.2. The smallest absolute Gasteiger partial charge is 0.157 e. The van der Waals surface area contributed by atoms with Gasteiger partial charge in [0.05, 0.1) is 49.3 Å². The fraction of sp³-hybridized carbons (Fsp3) is 0.800. The molecule has 3 heterocycles. The highest BCUT2D eigenvalue weighted by atomic mass is 16.6. The van der Waals surface area contributed by atoms with E-state index in [1.54, 1.807) is 7.11 Å². The minimum atomic E-state index is -0.837. The lowest BCUT2D eigenvalue weighted by atomic mass is 9.91. The van der Waals surface area contributed by atoms with E-state index in [2.05, 4.69) is 19.1 Å². The first-order valence-electron chi connectivity index (χ1n) is 14.4. The van der Waals surface area contributed by atoms with E-state index in [0.29, 0.717) is 13.0 Å². The molecule has 1 aromatic rings. The molecule has 1 aromatic carbocycles. The van der Waals surface area contributed by atoms with Crippen molar-refractivity contribution in [3.63, 3.8) is 0 Å². The van der Waals surface area contributed by atoms with Gasteiger partial charge in [-0.15, -0.1) is 0 Å². The first-order chi connectivity index (χ1) is 17.6. The second-order valence-corrected chi connectivity index (χ2v) is 11.1. The van der Waals surface area contributed by atoms with Gasteiger partial charge in [0.15, 0.2) is 6.29 Å². The van der Waals surface area contributed by atoms with Crippen LogP contribution < -0.4 is 0 Å². The number of ether oxygens (including phenoxy) is 5. The van der Waals surface area contributed by atoms with Crippen LogP contribution in [0.5, 0.6) is 0 Å². The largest absolute Gasteiger partial charge is 0.381 e. The maximum Gasteiger partial charge on any atom is 0.157 e. The van der Waals surface area contributed by atoms with Crippen molar-refractivity contribution in [2.75, 3.05) is 7.11 Å². The number of unbranched alkanes of at least 4 members (excludes halogenated alkanes) is 2. The number of methoxy groups -OCH3 is 1. The van der Waals surface area contributed by atoms with Gasteiger partial charge in [-0.05, 0) is 56.9 Å². The van der Waals surface area contributed by atoms with Crippen molar-refractivity contribution < 1.29 is 28.8 Å². The van der Waals surface area contributed by atoms with Crippen LogP contribution in [0.1, 0.15) is 96.0 Å². The molecular weight excluding hydrogens is 456 g/mol.